The van der Waals surface area contributed by atoms with Gasteiger partial charge in [0.2, 0.25) is 5.88 Å². The SMILES string of the molecule is COc1ccc(NS(=O)(=O)c2cccc(C(=O)NCc3ccc(OCC4CC4)nc3)c2)cc1. The van der Waals surface area contributed by atoms with Crippen LogP contribution in [0.5, 0.6) is 11.6 Å². The van der Waals surface area contributed by atoms with Crippen molar-refractivity contribution in [1.82, 2.24) is 10.3 Å². The van der Waals surface area contributed by atoms with Gasteiger partial charge in [0, 0.05) is 30.1 Å². The Morgan fingerprint density at radius 2 is 1.88 bits per heavy atom. The van der Waals surface area contributed by atoms with Gasteiger partial charge in [0.1, 0.15) is 5.75 Å². The standard InChI is InChI=1S/C24H25N3O5S/c1-31-21-10-8-20(9-11-21)27-33(29,30)22-4-2-3-19(13-22)24(28)26-15-18-7-12-23(25-14-18)32-16-17-5-6-17/h2-4,7-14,17,27H,5-6,15-16H2,1H3,(H,26,28). The monoisotopic (exact) mass is 467 g/mol. The molecular weight excluding hydrogens is 442 g/mol. The van der Waals surface area contributed by atoms with Crippen LogP contribution in [-0.2, 0) is 16.6 Å². The number of aromatic nitrogens is 1. The van der Waals surface area contributed by atoms with E-state index in [9.17, 15) is 13.2 Å². The lowest BCUT2D eigenvalue weighted by Crippen LogP contribution is -2.23. The summed E-state index contributed by atoms with van der Waals surface area (Å²) in [7, 11) is -2.33. The number of pyridine rings is 1. The summed E-state index contributed by atoms with van der Waals surface area (Å²) in [5, 5.41) is 2.79. The number of methoxy groups -OCH3 is 1. The number of nitrogens with one attached hydrogen (secondary N) is 2. The third kappa shape index (κ3) is 6.23. The maximum Gasteiger partial charge on any atom is 0.261 e. The first kappa shape index (κ1) is 22.6. The van der Waals surface area contributed by atoms with Gasteiger partial charge in [-0.2, -0.15) is 0 Å². The van der Waals surface area contributed by atoms with Crippen LogP contribution in [0.25, 0.3) is 0 Å². The zero-order chi connectivity index (χ0) is 23.3. The molecule has 0 saturated heterocycles. The average molecular weight is 468 g/mol. The largest absolute Gasteiger partial charge is 0.497 e. The van der Waals surface area contributed by atoms with Crippen molar-refractivity contribution in [2.24, 2.45) is 5.92 Å². The Morgan fingerprint density at radius 1 is 1.09 bits per heavy atom. The van der Waals surface area contributed by atoms with Gasteiger partial charge in [0.15, 0.2) is 0 Å². The Kier molecular flexibility index (Phi) is 6.79. The molecule has 8 nitrogen and oxygen atoms in total. The molecule has 9 heteroatoms. The summed E-state index contributed by atoms with van der Waals surface area (Å²) in [4.78, 5) is 16.8. The number of anilines is 1. The number of sulfonamides is 1. The zero-order valence-corrected chi connectivity index (χ0v) is 19.0. The first-order valence-electron chi connectivity index (χ1n) is 10.6. The van der Waals surface area contributed by atoms with Crippen LogP contribution in [0.1, 0.15) is 28.8 Å². The molecule has 33 heavy (non-hydrogen) atoms. The second-order valence-corrected chi connectivity index (χ2v) is 9.49. The minimum absolute atomic E-state index is 0.00945. The summed E-state index contributed by atoms with van der Waals surface area (Å²) in [6.45, 7) is 0.950. The molecule has 1 heterocycles. The van der Waals surface area contributed by atoms with Crippen LogP contribution in [-0.4, -0.2) is 33.0 Å². The molecule has 4 rings (SSSR count). The van der Waals surface area contributed by atoms with Gasteiger partial charge < -0.3 is 14.8 Å². The Balaban J connectivity index is 1.36. The van der Waals surface area contributed by atoms with Gasteiger partial charge in [0.05, 0.1) is 18.6 Å². The maximum absolute atomic E-state index is 12.7. The lowest BCUT2D eigenvalue weighted by Gasteiger charge is -2.11. The van der Waals surface area contributed by atoms with Crippen molar-refractivity contribution >= 4 is 21.6 Å². The fraction of sp³-hybridized carbons (Fsp3) is 0.250. The van der Waals surface area contributed by atoms with Crippen LogP contribution >= 0.6 is 0 Å². The molecule has 0 radical (unpaired) electrons. The van der Waals surface area contributed by atoms with E-state index in [2.05, 4.69) is 15.0 Å². The highest BCUT2D eigenvalue weighted by Crippen LogP contribution is 2.29. The highest BCUT2D eigenvalue weighted by atomic mass is 32.2. The Labute approximate surface area is 193 Å². The van der Waals surface area contributed by atoms with E-state index in [4.69, 9.17) is 9.47 Å². The molecule has 3 aromatic rings. The Hall–Kier alpha value is -3.59. The molecule has 1 amide bonds. The van der Waals surface area contributed by atoms with Crippen molar-refractivity contribution in [3.05, 3.63) is 78.0 Å². The van der Waals surface area contributed by atoms with E-state index in [1.807, 2.05) is 6.07 Å². The molecule has 0 atom stereocenters. The molecule has 1 aromatic heterocycles. The van der Waals surface area contributed by atoms with Crippen molar-refractivity contribution < 1.29 is 22.7 Å². The number of ether oxygens (including phenoxy) is 2. The second-order valence-electron chi connectivity index (χ2n) is 7.80. The number of hydrogen-bond acceptors (Lipinski definition) is 6. The molecule has 0 unspecified atom stereocenters. The van der Waals surface area contributed by atoms with Gasteiger partial charge in [-0.05, 0) is 66.8 Å². The third-order valence-corrected chi connectivity index (χ3v) is 6.54. The number of hydrogen-bond donors (Lipinski definition) is 2. The van der Waals surface area contributed by atoms with Gasteiger partial charge in [0.25, 0.3) is 15.9 Å². The number of rotatable bonds is 10. The molecule has 1 aliphatic rings. The fourth-order valence-corrected chi connectivity index (χ4v) is 4.15. The molecule has 0 aliphatic heterocycles. The number of carbonyl (C=O) groups is 1. The summed E-state index contributed by atoms with van der Waals surface area (Å²) in [6.07, 6.45) is 4.08. The van der Waals surface area contributed by atoms with Crippen LogP contribution in [0, 0.1) is 5.92 Å². The first-order valence-corrected chi connectivity index (χ1v) is 12.0. The summed E-state index contributed by atoms with van der Waals surface area (Å²) in [6, 6.07) is 16.0. The minimum Gasteiger partial charge on any atom is -0.497 e. The minimum atomic E-state index is -3.86. The smallest absolute Gasteiger partial charge is 0.261 e. The molecular formula is C24H25N3O5S. The summed E-state index contributed by atoms with van der Waals surface area (Å²) >= 11 is 0. The van der Waals surface area contributed by atoms with Gasteiger partial charge in [-0.1, -0.05) is 12.1 Å². The van der Waals surface area contributed by atoms with Crippen molar-refractivity contribution in [3.8, 4) is 11.6 Å². The van der Waals surface area contributed by atoms with Crippen LogP contribution in [0.2, 0.25) is 0 Å². The molecule has 172 valence electrons. The highest BCUT2D eigenvalue weighted by molar-refractivity contribution is 7.92. The highest BCUT2D eigenvalue weighted by Gasteiger charge is 2.22. The van der Waals surface area contributed by atoms with Crippen LogP contribution in [0.15, 0.2) is 71.8 Å². The predicted octanol–water partition coefficient (Wildman–Crippen LogP) is 3.61. The quantitative estimate of drug-likeness (QED) is 0.472. The normalized spacial score (nSPS) is 13.2. The van der Waals surface area contributed by atoms with E-state index in [0.717, 1.165) is 5.56 Å². The van der Waals surface area contributed by atoms with E-state index in [1.54, 1.807) is 42.6 Å². The topological polar surface area (TPSA) is 107 Å². The van der Waals surface area contributed by atoms with Gasteiger partial charge in [-0.3, -0.25) is 9.52 Å². The van der Waals surface area contributed by atoms with Crippen molar-refractivity contribution in [2.75, 3.05) is 18.4 Å². The van der Waals surface area contributed by atoms with Crippen molar-refractivity contribution in [1.29, 1.82) is 0 Å². The molecule has 1 aliphatic carbocycles. The van der Waals surface area contributed by atoms with E-state index in [0.29, 0.717) is 29.8 Å². The van der Waals surface area contributed by atoms with Crippen LogP contribution in [0.4, 0.5) is 5.69 Å². The molecule has 0 bridgehead atoms. The van der Waals surface area contributed by atoms with E-state index < -0.39 is 10.0 Å². The second kappa shape index (κ2) is 9.91. The zero-order valence-electron chi connectivity index (χ0n) is 18.2. The molecule has 1 saturated carbocycles. The molecule has 1 fully saturated rings. The number of amides is 1. The van der Waals surface area contributed by atoms with E-state index in [-0.39, 0.29) is 22.9 Å². The number of nitrogens with zero attached hydrogens (tertiary/aromatic N) is 1. The van der Waals surface area contributed by atoms with Crippen molar-refractivity contribution in [2.45, 2.75) is 24.3 Å². The number of benzene rings is 2. The van der Waals surface area contributed by atoms with E-state index >= 15 is 0 Å². The summed E-state index contributed by atoms with van der Waals surface area (Å²) in [5.41, 5.74) is 1.44. The fourth-order valence-electron chi connectivity index (χ4n) is 3.05. The van der Waals surface area contributed by atoms with Gasteiger partial charge in [-0.25, -0.2) is 13.4 Å². The molecule has 0 spiro atoms. The van der Waals surface area contributed by atoms with Gasteiger partial charge >= 0.3 is 0 Å². The predicted molar refractivity (Wildman–Crippen MR) is 124 cm³/mol. The first-order chi connectivity index (χ1) is 15.9. The lowest BCUT2D eigenvalue weighted by atomic mass is 10.2. The van der Waals surface area contributed by atoms with Crippen LogP contribution in [0.3, 0.4) is 0 Å². The van der Waals surface area contributed by atoms with E-state index in [1.165, 1.54) is 38.2 Å². The summed E-state index contributed by atoms with van der Waals surface area (Å²) in [5.74, 6) is 1.45. The lowest BCUT2D eigenvalue weighted by molar-refractivity contribution is 0.0950. The van der Waals surface area contributed by atoms with Crippen molar-refractivity contribution in [3.63, 3.8) is 0 Å². The van der Waals surface area contributed by atoms with Gasteiger partial charge in [-0.15, -0.1) is 0 Å². The van der Waals surface area contributed by atoms with Crippen LogP contribution < -0.4 is 19.5 Å². The average Bonchev–Trinajstić information content (AvgIpc) is 3.67. The molecule has 2 aromatic carbocycles. The number of carbonyl (C=O) groups excluding carboxylic acids is 1. The Morgan fingerprint density at radius 3 is 2.55 bits per heavy atom. The Bertz CT molecular complexity index is 1210. The summed E-state index contributed by atoms with van der Waals surface area (Å²) < 4.78 is 38.7. The maximum atomic E-state index is 12.7. The molecule has 2 N–H and O–H groups in total. The third-order valence-electron chi connectivity index (χ3n) is 5.16.